The number of carbonyl (C=O) groups is 1. The lowest BCUT2D eigenvalue weighted by Gasteiger charge is -2.56. The second-order valence-electron chi connectivity index (χ2n) is 9.00. The maximum absolute atomic E-state index is 13.4. The number of aliphatic hydroxyl groups is 1. The van der Waals surface area contributed by atoms with Crippen molar-refractivity contribution in [2.75, 3.05) is 26.2 Å². The number of pyridine rings is 1. The minimum Gasteiger partial charge on any atom is -0.395 e. The largest absolute Gasteiger partial charge is 0.395 e. The fraction of sp³-hybridized carbons (Fsp3) is 0.565. The summed E-state index contributed by atoms with van der Waals surface area (Å²) < 4.78 is 1.58. The van der Waals surface area contributed by atoms with Gasteiger partial charge < -0.3 is 14.6 Å². The average molecular weight is 396 g/mol. The molecule has 154 valence electrons. The number of fused-ring (bicyclic) bond motifs is 5. The number of nitrogens with zero attached hydrogens (tertiary/aromatic N) is 3. The van der Waals surface area contributed by atoms with Gasteiger partial charge in [0.05, 0.1) is 12.1 Å². The van der Waals surface area contributed by atoms with E-state index in [1.165, 1.54) is 12.8 Å². The molecule has 1 N–H and O–H groups in total. The molecule has 3 fully saturated rings. The van der Waals surface area contributed by atoms with Gasteiger partial charge in [-0.15, -0.1) is 0 Å². The number of amides is 1. The summed E-state index contributed by atoms with van der Waals surface area (Å²) in [5, 5.41) is 11.0. The van der Waals surface area contributed by atoms with Gasteiger partial charge in [-0.05, 0) is 55.2 Å². The number of aryl methyl sites for hydroxylation is 1. The van der Waals surface area contributed by atoms with Gasteiger partial charge in [0.25, 0.3) is 11.5 Å². The molecule has 0 unspecified atom stereocenters. The predicted molar refractivity (Wildman–Crippen MR) is 112 cm³/mol. The van der Waals surface area contributed by atoms with Crippen LogP contribution in [0.15, 0.2) is 35.1 Å². The highest BCUT2D eigenvalue weighted by atomic mass is 16.3. The molecule has 1 aromatic heterocycles. The van der Waals surface area contributed by atoms with Crippen LogP contribution in [0.5, 0.6) is 0 Å². The van der Waals surface area contributed by atoms with Crippen LogP contribution in [0, 0.1) is 11.8 Å². The molecule has 29 heavy (non-hydrogen) atoms. The summed E-state index contributed by atoms with van der Waals surface area (Å²) >= 11 is 0. The first-order valence-electron chi connectivity index (χ1n) is 10.8. The Kier molecular flexibility index (Phi) is 4.71. The molecule has 0 saturated carbocycles. The summed E-state index contributed by atoms with van der Waals surface area (Å²) in [5.74, 6) is 0.554. The van der Waals surface area contributed by atoms with E-state index >= 15 is 0 Å². The van der Waals surface area contributed by atoms with E-state index < -0.39 is 0 Å². The standard InChI is InChI=1S/C23H29N3O3/c1-24-19-7-3-2-6-15(19)11-18(22(24)28)23(29)25-12-16-10-17(13-25)21(14-27)26-9-5-4-8-20(16)26/h2-3,6-7,11,16-17,20-21,27H,4-5,8-10,12-14H2,1H3/t16-,17+,20+,21+/m1/s1. The molecule has 6 nitrogen and oxygen atoms in total. The van der Waals surface area contributed by atoms with Crippen LogP contribution >= 0.6 is 0 Å². The summed E-state index contributed by atoms with van der Waals surface area (Å²) in [4.78, 5) is 30.8. The number of rotatable bonds is 2. The molecule has 4 heterocycles. The number of likely N-dealkylation sites (tertiary alicyclic amines) is 1. The van der Waals surface area contributed by atoms with Crippen LogP contribution < -0.4 is 5.56 Å². The lowest BCUT2D eigenvalue weighted by Crippen LogP contribution is -2.65. The molecule has 5 rings (SSSR count). The van der Waals surface area contributed by atoms with Crippen molar-refractivity contribution in [2.24, 2.45) is 18.9 Å². The highest BCUT2D eigenvalue weighted by Crippen LogP contribution is 2.41. The van der Waals surface area contributed by atoms with Crippen LogP contribution in [-0.4, -0.2) is 63.7 Å². The van der Waals surface area contributed by atoms with Crippen molar-refractivity contribution in [2.45, 2.75) is 37.8 Å². The number of aliphatic hydroxyl groups excluding tert-OH is 1. The molecule has 3 saturated heterocycles. The molecule has 6 heteroatoms. The predicted octanol–water partition coefficient (Wildman–Crippen LogP) is 1.85. The summed E-state index contributed by atoms with van der Waals surface area (Å²) in [5.41, 5.74) is 0.859. The topological polar surface area (TPSA) is 65.8 Å². The van der Waals surface area contributed by atoms with Gasteiger partial charge in [0, 0.05) is 32.2 Å². The number of carbonyl (C=O) groups excluding carboxylic acids is 1. The Bertz CT molecular complexity index is 987. The molecular weight excluding hydrogens is 366 g/mol. The van der Waals surface area contributed by atoms with E-state index in [2.05, 4.69) is 4.90 Å². The van der Waals surface area contributed by atoms with Crippen LogP contribution in [0.25, 0.3) is 10.9 Å². The van der Waals surface area contributed by atoms with E-state index in [-0.39, 0.29) is 35.6 Å². The summed E-state index contributed by atoms with van der Waals surface area (Å²) in [7, 11) is 1.73. The average Bonchev–Trinajstić information content (AvgIpc) is 2.76. The van der Waals surface area contributed by atoms with Gasteiger partial charge in [0.2, 0.25) is 0 Å². The van der Waals surface area contributed by atoms with Gasteiger partial charge in [-0.1, -0.05) is 24.6 Å². The van der Waals surface area contributed by atoms with E-state index in [1.807, 2.05) is 29.2 Å². The van der Waals surface area contributed by atoms with E-state index in [0.717, 1.165) is 30.3 Å². The Labute approximate surface area is 170 Å². The minimum absolute atomic E-state index is 0.131. The molecule has 0 radical (unpaired) electrons. The van der Waals surface area contributed by atoms with Gasteiger partial charge in [-0.2, -0.15) is 0 Å². The van der Waals surface area contributed by atoms with Crippen LogP contribution in [0.3, 0.4) is 0 Å². The van der Waals surface area contributed by atoms with E-state index in [0.29, 0.717) is 25.0 Å². The number of para-hydroxylation sites is 1. The zero-order valence-corrected chi connectivity index (χ0v) is 17.0. The number of benzene rings is 1. The fourth-order valence-corrected chi connectivity index (χ4v) is 6.07. The van der Waals surface area contributed by atoms with Crippen LogP contribution in [0.4, 0.5) is 0 Å². The quantitative estimate of drug-likeness (QED) is 0.843. The van der Waals surface area contributed by atoms with Gasteiger partial charge in [-0.25, -0.2) is 0 Å². The van der Waals surface area contributed by atoms with Crippen LogP contribution in [0.1, 0.15) is 36.0 Å². The first-order valence-corrected chi connectivity index (χ1v) is 10.8. The van der Waals surface area contributed by atoms with Crippen molar-refractivity contribution in [3.8, 4) is 0 Å². The molecule has 4 atom stereocenters. The Balaban J connectivity index is 1.48. The zero-order valence-electron chi connectivity index (χ0n) is 17.0. The number of piperidine rings is 3. The molecule has 2 bridgehead atoms. The SMILES string of the molecule is Cn1c(=O)c(C(=O)N2C[C@H]3C[C@@H](C2)[C@H](CO)N2CCCC[C@@H]32)cc2ccccc21. The maximum Gasteiger partial charge on any atom is 0.263 e. The zero-order chi connectivity index (χ0) is 20.1. The normalized spacial score (nSPS) is 29.7. The second kappa shape index (κ2) is 7.26. The van der Waals surface area contributed by atoms with E-state index in [1.54, 1.807) is 17.7 Å². The second-order valence-corrected chi connectivity index (χ2v) is 9.00. The lowest BCUT2D eigenvalue weighted by atomic mass is 9.72. The van der Waals surface area contributed by atoms with E-state index in [9.17, 15) is 14.7 Å². The summed E-state index contributed by atoms with van der Waals surface area (Å²) in [6.07, 6.45) is 4.64. The van der Waals surface area contributed by atoms with Crippen molar-refractivity contribution in [1.82, 2.24) is 14.4 Å². The molecule has 3 aliphatic rings. The molecular formula is C23H29N3O3. The summed E-state index contributed by atoms with van der Waals surface area (Å²) in [6.45, 7) is 2.54. The number of hydrogen-bond donors (Lipinski definition) is 1. The monoisotopic (exact) mass is 395 g/mol. The highest BCUT2D eigenvalue weighted by Gasteiger charge is 2.47. The van der Waals surface area contributed by atoms with Crippen LogP contribution in [0.2, 0.25) is 0 Å². The first kappa shape index (κ1) is 18.8. The van der Waals surface area contributed by atoms with Gasteiger partial charge in [0.1, 0.15) is 5.56 Å². The third-order valence-electron chi connectivity index (χ3n) is 7.46. The smallest absolute Gasteiger partial charge is 0.263 e. The van der Waals surface area contributed by atoms with Gasteiger partial charge >= 0.3 is 0 Å². The Morgan fingerprint density at radius 3 is 2.79 bits per heavy atom. The van der Waals surface area contributed by atoms with Crippen molar-refractivity contribution in [1.29, 1.82) is 0 Å². The lowest BCUT2D eigenvalue weighted by molar-refractivity contribution is -0.0795. The molecule has 0 aliphatic carbocycles. The van der Waals surface area contributed by atoms with E-state index in [4.69, 9.17) is 0 Å². The maximum atomic E-state index is 13.4. The Hall–Kier alpha value is -2.18. The van der Waals surface area contributed by atoms with Crippen molar-refractivity contribution in [3.63, 3.8) is 0 Å². The minimum atomic E-state index is -0.234. The summed E-state index contributed by atoms with van der Waals surface area (Å²) in [6, 6.07) is 10.0. The molecule has 3 aliphatic heterocycles. The molecule has 0 spiro atoms. The Morgan fingerprint density at radius 2 is 1.97 bits per heavy atom. The van der Waals surface area contributed by atoms with Crippen molar-refractivity contribution in [3.05, 3.63) is 46.2 Å². The fourth-order valence-electron chi connectivity index (χ4n) is 6.07. The van der Waals surface area contributed by atoms with Crippen molar-refractivity contribution < 1.29 is 9.90 Å². The third-order valence-corrected chi connectivity index (χ3v) is 7.46. The number of hydrogen-bond acceptors (Lipinski definition) is 4. The van der Waals surface area contributed by atoms with Crippen molar-refractivity contribution >= 4 is 16.8 Å². The first-order chi connectivity index (χ1) is 14.1. The van der Waals surface area contributed by atoms with Crippen LogP contribution in [-0.2, 0) is 7.05 Å². The molecule has 1 aromatic carbocycles. The van der Waals surface area contributed by atoms with Gasteiger partial charge in [0.15, 0.2) is 0 Å². The highest BCUT2D eigenvalue weighted by molar-refractivity contribution is 5.97. The Morgan fingerprint density at radius 1 is 1.17 bits per heavy atom. The van der Waals surface area contributed by atoms with Gasteiger partial charge in [-0.3, -0.25) is 14.5 Å². The molecule has 1 amide bonds. The molecule has 2 aromatic rings. The third kappa shape index (κ3) is 3.01. The number of aromatic nitrogens is 1.